The SMILES string of the molecule is O=Cc1cccc(C(=O)N2CCN(CC3CCCCC3)CC2)c1. The third-order valence-electron chi connectivity index (χ3n) is 5.17. The molecule has 1 aromatic rings. The largest absolute Gasteiger partial charge is 0.336 e. The van der Waals surface area contributed by atoms with Gasteiger partial charge in [-0.25, -0.2) is 0 Å². The van der Waals surface area contributed by atoms with E-state index in [1.165, 1.54) is 38.6 Å². The number of hydrogen-bond donors (Lipinski definition) is 0. The molecule has 4 heteroatoms. The third-order valence-corrected chi connectivity index (χ3v) is 5.17. The highest BCUT2D eigenvalue weighted by Crippen LogP contribution is 2.24. The minimum Gasteiger partial charge on any atom is -0.336 e. The molecule has 0 spiro atoms. The van der Waals surface area contributed by atoms with Gasteiger partial charge in [0.2, 0.25) is 0 Å². The van der Waals surface area contributed by atoms with Crippen LogP contribution in [0.5, 0.6) is 0 Å². The van der Waals surface area contributed by atoms with Crippen LogP contribution in [0.4, 0.5) is 0 Å². The molecule has 0 aromatic heterocycles. The second kappa shape index (κ2) is 7.73. The van der Waals surface area contributed by atoms with E-state index in [-0.39, 0.29) is 5.91 Å². The van der Waals surface area contributed by atoms with Crippen LogP contribution in [0.25, 0.3) is 0 Å². The van der Waals surface area contributed by atoms with Crippen molar-refractivity contribution in [1.29, 1.82) is 0 Å². The zero-order valence-corrected chi connectivity index (χ0v) is 13.7. The van der Waals surface area contributed by atoms with Crippen LogP contribution in [-0.4, -0.2) is 54.7 Å². The van der Waals surface area contributed by atoms with Gasteiger partial charge in [-0.1, -0.05) is 31.4 Å². The van der Waals surface area contributed by atoms with E-state index in [0.717, 1.165) is 38.4 Å². The smallest absolute Gasteiger partial charge is 0.253 e. The zero-order valence-electron chi connectivity index (χ0n) is 13.7. The van der Waals surface area contributed by atoms with Gasteiger partial charge in [-0.2, -0.15) is 0 Å². The van der Waals surface area contributed by atoms with Crippen molar-refractivity contribution in [3.8, 4) is 0 Å². The lowest BCUT2D eigenvalue weighted by atomic mass is 9.89. The van der Waals surface area contributed by atoms with Crippen molar-refractivity contribution in [2.24, 2.45) is 5.92 Å². The molecule has 1 saturated carbocycles. The Morgan fingerprint density at radius 1 is 1.09 bits per heavy atom. The van der Waals surface area contributed by atoms with Gasteiger partial charge < -0.3 is 4.90 Å². The Morgan fingerprint density at radius 2 is 1.83 bits per heavy atom. The molecule has 1 aromatic carbocycles. The lowest BCUT2D eigenvalue weighted by Crippen LogP contribution is -2.49. The Kier molecular flexibility index (Phi) is 5.44. The fourth-order valence-corrected chi connectivity index (χ4v) is 3.80. The minimum absolute atomic E-state index is 0.0472. The first-order chi connectivity index (χ1) is 11.3. The summed E-state index contributed by atoms with van der Waals surface area (Å²) < 4.78 is 0. The van der Waals surface area contributed by atoms with Crippen LogP contribution in [0.1, 0.15) is 52.8 Å². The van der Waals surface area contributed by atoms with E-state index < -0.39 is 0 Å². The fourth-order valence-electron chi connectivity index (χ4n) is 3.80. The van der Waals surface area contributed by atoms with Crippen LogP contribution in [0.15, 0.2) is 24.3 Å². The molecule has 0 N–H and O–H groups in total. The molecule has 1 heterocycles. The van der Waals surface area contributed by atoms with E-state index >= 15 is 0 Å². The summed E-state index contributed by atoms with van der Waals surface area (Å²) in [5.74, 6) is 0.904. The molecule has 2 aliphatic rings. The molecule has 3 rings (SSSR count). The fraction of sp³-hybridized carbons (Fsp3) is 0.579. The number of aldehydes is 1. The van der Waals surface area contributed by atoms with Gasteiger partial charge in [0.15, 0.2) is 0 Å². The van der Waals surface area contributed by atoms with E-state index in [0.29, 0.717) is 11.1 Å². The molecular weight excluding hydrogens is 288 g/mol. The summed E-state index contributed by atoms with van der Waals surface area (Å²) in [6.45, 7) is 4.71. The minimum atomic E-state index is 0.0472. The van der Waals surface area contributed by atoms with Gasteiger partial charge in [0.05, 0.1) is 0 Å². The first-order valence-corrected chi connectivity index (χ1v) is 8.83. The maximum atomic E-state index is 12.6. The molecule has 0 radical (unpaired) electrons. The zero-order chi connectivity index (χ0) is 16.1. The predicted molar refractivity (Wildman–Crippen MR) is 90.7 cm³/mol. The number of nitrogens with zero attached hydrogens (tertiary/aromatic N) is 2. The van der Waals surface area contributed by atoms with Crippen LogP contribution in [0.3, 0.4) is 0 Å². The van der Waals surface area contributed by atoms with Gasteiger partial charge in [0.25, 0.3) is 5.91 Å². The van der Waals surface area contributed by atoms with Crippen molar-refractivity contribution in [2.75, 3.05) is 32.7 Å². The van der Waals surface area contributed by atoms with Crippen LogP contribution < -0.4 is 0 Å². The van der Waals surface area contributed by atoms with Gasteiger partial charge in [0, 0.05) is 43.9 Å². The van der Waals surface area contributed by atoms with Crippen molar-refractivity contribution in [1.82, 2.24) is 9.80 Å². The molecule has 1 aliphatic carbocycles. The lowest BCUT2D eigenvalue weighted by molar-refractivity contribution is 0.0606. The number of amides is 1. The summed E-state index contributed by atoms with van der Waals surface area (Å²) in [5, 5.41) is 0. The van der Waals surface area contributed by atoms with E-state index in [1.807, 2.05) is 4.90 Å². The standard InChI is InChI=1S/C19H26N2O2/c22-15-17-7-4-8-18(13-17)19(23)21-11-9-20(10-12-21)14-16-5-2-1-3-6-16/h4,7-8,13,15-16H,1-3,5-6,9-12,14H2. The average molecular weight is 314 g/mol. The van der Waals surface area contributed by atoms with E-state index in [9.17, 15) is 9.59 Å². The van der Waals surface area contributed by atoms with Gasteiger partial charge in [-0.3, -0.25) is 14.5 Å². The number of carbonyl (C=O) groups is 2. The van der Waals surface area contributed by atoms with Crippen LogP contribution >= 0.6 is 0 Å². The van der Waals surface area contributed by atoms with Crippen molar-refractivity contribution >= 4 is 12.2 Å². The molecule has 0 unspecified atom stereocenters. The van der Waals surface area contributed by atoms with E-state index in [2.05, 4.69) is 4.90 Å². The Bertz CT molecular complexity index is 544. The first kappa shape index (κ1) is 16.2. The summed E-state index contributed by atoms with van der Waals surface area (Å²) in [6.07, 6.45) is 7.71. The molecule has 0 atom stereocenters. The maximum Gasteiger partial charge on any atom is 0.253 e. The predicted octanol–water partition coefficient (Wildman–Crippen LogP) is 2.84. The molecule has 124 valence electrons. The van der Waals surface area contributed by atoms with Gasteiger partial charge in [-0.15, -0.1) is 0 Å². The molecular formula is C19H26N2O2. The van der Waals surface area contributed by atoms with Gasteiger partial charge in [0.1, 0.15) is 6.29 Å². The highest BCUT2D eigenvalue weighted by atomic mass is 16.2. The number of benzene rings is 1. The second-order valence-electron chi connectivity index (χ2n) is 6.84. The van der Waals surface area contributed by atoms with Crippen LogP contribution in [0, 0.1) is 5.92 Å². The highest BCUT2D eigenvalue weighted by molar-refractivity contribution is 5.95. The number of rotatable bonds is 4. The Morgan fingerprint density at radius 3 is 2.52 bits per heavy atom. The monoisotopic (exact) mass is 314 g/mol. The normalized spacial score (nSPS) is 20.4. The summed E-state index contributed by atoms with van der Waals surface area (Å²) in [4.78, 5) is 27.8. The summed E-state index contributed by atoms with van der Waals surface area (Å²) in [7, 11) is 0. The van der Waals surface area contributed by atoms with E-state index in [4.69, 9.17) is 0 Å². The quantitative estimate of drug-likeness (QED) is 0.802. The molecule has 23 heavy (non-hydrogen) atoms. The van der Waals surface area contributed by atoms with E-state index in [1.54, 1.807) is 24.3 Å². The number of carbonyl (C=O) groups excluding carboxylic acids is 2. The van der Waals surface area contributed by atoms with Gasteiger partial charge >= 0.3 is 0 Å². The summed E-state index contributed by atoms with van der Waals surface area (Å²) in [6, 6.07) is 6.98. The van der Waals surface area contributed by atoms with Crippen LogP contribution in [0.2, 0.25) is 0 Å². The van der Waals surface area contributed by atoms with Crippen LogP contribution in [-0.2, 0) is 0 Å². The number of piperazine rings is 1. The van der Waals surface area contributed by atoms with Crippen molar-refractivity contribution in [2.45, 2.75) is 32.1 Å². The number of hydrogen-bond acceptors (Lipinski definition) is 3. The Hall–Kier alpha value is -1.68. The highest BCUT2D eigenvalue weighted by Gasteiger charge is 2.24. The van der Waals surface area contributed by atoms with Gasteiger partial charge in [-0.05, 0) is 30.9 Å². The topological polar surface area (TPSA) is 40.6 Å². The summed E-state index contributed by atoms with van der Waals surface area (Å²) in [5.41, 5.74) is 1.18. The molecule has 1 aliphatic heterocycles. The van der Waals surface area contributed by atoms with Crippen molar-refractivity contribution < 1.29 is 9.59 Å². The first-order valence-electron chi connectivity index (χ1n) is 8.83. The second-order valence-corrected chi connectivity index (χ2v) is 6.84. The third kappa shape index (κ3) is 4.20. The van der Waals surface area contributed by atoms with Crippen molar-refractivity contribution in [3.63, 3.8) is 0 Å². The Balaban J connectivity index is 1.51. The molecule has 0 bridgehead atoms. The lowest BCUT2D eigenvalue weighted by Gasteiger charge is -2.37. The van der Waals surface area contributed by atoms with Crippen molar-refractivity contribution in [3.05, 3.63) is 35.4 Å². The average Bonchev–Trinajstić information content (AvgIpc) is 2.63. The molecule has 1 saturated heterocycles. The molecule has 2 fully saturated rings. The summed E-state index contributed by atoms with van der Waals surface area (Å²) >= 11 is 0. The Labute approximate surface area is 138 Å². The molecule has 4 nitrogen and oxygen atoms in total. The maximum absolute atomic E-state index is 12.6. The molecule has 1 amide bonds.